The molecule has 0 saturated carbocycles. The molecule has 3 aromatic rings. The molecule has 0 bridgehead atoms. The molecule has 2 aromatic carbocycles. The van der Waals surface area contributed by atoms with Crippen molar-refractivity contribution in [1.29, 1.82) is 0 Å². The summed E-state index contributed by atoms with van der Waals surface area (Å²) in [6.45, 7) is 6.13. The van der Waals surface area contributed by atoms with Crippen molar-refractivity contribution in [2.45, 2.75) is 32.2 Å². The minimum absolute atomic E-state index is 0.0348. The van der Waals surface area contributed by atoms with Crippen molar-refractivity contribution in [1.82, 2.24) is 8.87 Å². The minimum Gasteiger partial charge on any atom is -0.493 e. The third kappa shape index (κ3) is 4.03. The van der Waals surface area contributed by atoms with Crippen LogP contribution < -0.4 is 10.5 Å². The van der Waals surface area contributed by atoms with E-state index in [1.165, 1.54) is 27.1 Å². The predicted molar refractivity (Wildman–Crippen MR) is 113 cm³/mol. The molecule has 1 heterocycles. The lowest BCUT2D eigenvalue weighted by molar-refractivity contribution is 0.0967. The van der Waals surface area contributed by atoms with Gasteiger partial charge in [-0.3, -0.25) is 9.36 Å². The molecule has 3 rings (SSSR count). The van der Waals surface area contributed by atoms with Gasteiger partial charge in [0.1, 0.15) is 5.75 Å². The van der Waals surface area contributed by atoms with Crippen molar-refractivity contribution < 1.29 is 22.4 Å². The van der Waals surface area contributed by atoms with Gasteiger partial charge in [-0.2, -0.15) is 4.31 Å². The van der Waals surface area contributed by atoms with Crippen LogP contribution in [0.25, 0.3) is 11.1 Å². The van der Waals surface area contributed by atoms with Crippen LogP contribution in [0.5, 0.6) is 5.75 Å². The molecule has 0 aliphatic carbocycles. The lowest BCUT2D eigenvalue weighted by Crippen LogP contribution is -2.30. The molecule has 0 saturated heterocycles. The Labute approximate surface area is 174 Å². The third-order valence-corrected chi connectivity index (χ3v) is 6.82. The van der Waals surface area contributed by atoms with Gasteiger partial charge in [-0.05, 0) is 31.2 Å². The number of benzene rings is 2. The average molecular weight is 432 g/mol. The predicted octanol–water partition coefficient (Wildman–Crippen LogP) is 2.91. The molecule has 0 fully saturated rings. The summed E-state index contributed by atoms with van der Waals surface area (Å²) in [5, 5.41) is 0. The zero-order valence-corrected chi connectivity index (χ0v) is 17.9. The van der Waals surface area contributed by atoms with Gasteiger partial charge in [-0.25, -0.2) is 13.2 Å². The highest BCUT2D eigenvalue weighted by molar-refractivity contribution is 7.89. The number of para-hydroxylation sites is 1. The number of carbonyl (C=O) groups is 1. The molecule has 0 aliphatic rings. The van der Waals surface area contributed by atoms with Gasteiger partial charge in [0.05, 0.1) is 29.1 Å². The van der Waals surface area contributed by atoms with Crippen LogP contribution in [0.4, 0.5) is 0 Å². The first-order valence-electron chi connectivity index (χ1n) is 9.72. The summed E-state index contributed by atoms with van der Waals surface area (Å²) >= 11 is 0. The van der Waals surface area contributed by atoms with E-state index in [4.69, 9.17) is 9.15 Å². The van der Waals surface area contributed by atoms with Crippen LogP contribution >= 0.6 is 0 Å². The van der Waals surface area contributed by atoms with E-state index in [9.17, 15) is 18.0 Å². The molecule has 9 heteroatoms. The number of fused-ring (bicyclic) bond motifs is 1. The fraction of sp³-hybridized carbons (Fsp3) is 0.333. The summed E-state index contributed by atoms with van der Waals surface area (Å²) in [5.74, 6) is -0.605. The summed E-state index contributed by atoms with van der Waals surface area (Å²) in [6, 6.07) is 11.0. The van der Waals surface area contributed by atoms with Crippen molar-refractivity contribution in [2.24, 2.45) is 0 Å². The molecular formula is C21H24N2O6S. The van der Waals surface area contributed by atoms with Gasteiger partial charge in [0, 0.05) is 19.2 Å². The van der Waals surface area contributed by atoms with Gasteiger partial charge >= 0.3 is 5.76 Å². The third-order valence-electron chi connectivity index (χ3n) is 4.77. The quantitative estimate of drug-likeness (QED) is 0.482. The smallest absolute Gasteiger partial charge is 0.420 e. The van der Waals surface area contributed by atoms with Gasteiger partial charge in [0.25, 0.3) is 0 Å². The van der Waals surface area contributed by atoms with Gasteiger partial charge in [-0.15, -0.1) is 0 Å². The van der Waals surface area contributed by atoms with Crippen LogP contribution in [0.2, 0.25) is 0 Å². The van der Waals surface area contributed by atoms with Crippen LogP contribution in [-0.4, -0.2) is 42.8 Å². The van der Waals surface area contributed by atoms with E-state index in [1.807, 2.05) is 6.92 Å². The van der Waals surface area contributed by atoms with Gasteiger partial charge in [0.2, 0.25) is 10.0 Å². The highest BCUT2D eigenvalue weighted by Crippen LogP contribution is 2.23. The van der Waals surface area contributed by atoms with Gasteiger partial charge in [0.15, 0.2) is 11.4 Å². The lowest BCUT2D eigenvalue weighted by atomic mass is 10.1. The van der Waals surface area contributed by atoms with E-state index < -0.39 is 15.8 Å². The lowest BCUT2D eigenvalue weighted by Gasteiger charge is -2.18. The Morgan fingerprint density at radius 1 is 1.10 bits per heavy atom. The Hall–Kier alpha value is -2.91. The number of hydrogen-bond donors (Lipinski definition) is 0. The molecule has 1 aromatic heterocycles. The molecule has 0 N–H and O–H groups in total. The molecule has 0 aliphatic heterocycles. The Morgan fingerprint density at radius 2 is 1.80 bits per heavy atom. The number of hydrogen-bond acceptors (Lipinski definition) is 6. The first-order valence-corrected chi connectivity index (χ1v) is 11.2. The highest BCUT2D eigenvalue weighted by atomic mass is 32.2. The van der Waals surface area contributed by atoms with Gasteiger partial charge < -0.3 is 9.15 Å². The van der Waals surface area contributed by atoms with E-state index >= 15 is 0 Å². The number of ether oxygens (including phenoxy) is 1. The maximum absolute atomic E-state index is 12.8. The van der Waals surface area contributed by atoms with E-state index in [0.717, 1.165) is 0 Å². The second kappa shape index (κ2) is 8.85. The second-order valence-corrected chi connectivity index (χ2v) is 8.46. The topological polar surface area (TPSA) is 98.8 Å². The number of nitrogens with zero attached hydrogens (tertiary/aromatic N) is 2. The summed E-state index contributed by atoms with van der Waals surface area (Å²) in [6.07, 6.45) is 0. The fourth-order valence-corrected chi connectivity index (χ4v) is 4.75. The molecule has 0 radical (unpaired) electrons. The van der Waals surface area contributed by atoms with E-state index in [0.29, 0.717) is 36.5 Å². The maximum Gasteiger partial charge on any atom is 0.420 e. The van der Waals surface area contributed by atoms with Crippen molar-refractivity contribution in [3.8, 4) is 5.75 Å². The van der Waals surface area contributed by atoms with Crippen LogP contribution in [0.1, 0.15) is 31.1 Å². The van der Waals surface area contributed by atoms with E-state index in [-0.39, 0.29) is 22.8 Å². The van der Waals surface area contributed by atoms with Crippen molar-refractivity contribution in [3.05, 3.63) is 58.6 Å². The normalized spacial score (nSPS) is 11.9. The molecule has 160 valence electrons. The summed E-state index contributed by atoms with van der Waals surface area (Å²) < 4.78 is 38.7. The number of Topliss-reactive ketones (excluding diaryl/α,β-unsaturated/α-hetero) is 1. The zero-order valence-electron chi connectivity index (χ0n) is 17.1. The second-order valence-electron chi connectivity index (χ2n) is 6.53. The Kier molecular flexibility index (Phi) is 6.42. The molecule has 0 spiro atoms. The van der Waals surface area contributed by atoms with Gasteiger partial charge in [-0.1, -0.05) is 26.0 Å². The Bertz CT molecular complexity index is 1220. The monoisotopic (exact) mass is 432 g/mol. The minimum atomic E-state index is -3.70. The van der Waals surface area contributed by atoms with Crippen LogP contribution in [0.15, 0.2) is 56.6 Å². The molecule has 0 unspecified atom stereocenters. The van der Waals surface area contributed by atoms with E-state index in [1.54, 1.807) is 38.1 Å². The van der Waals surface area contributed by atoms with Crippen molar-refractivity contribution in [3.63, 3.8) is 0 Å². The van der Waals surface area contributed by atoms with E-state index in [2.05, 4.69) is 0 Å². The molecule has 8 nitrogen and oxygen atoms in total. The molecule has 30 heavy (non-hydrogen) atoms. The maximum atomic E-state index is 12.8. The number of sulfonamides is 1. The molecule has 0 atom stereocenters. The fourth-order valence-electron chi connectivity index (χ4n) is 3.28. The molecular weight excluding hydrogens is 408 g/mol. The Balaban J connectivity index is 1.98. The largest absolute Gasteiger partial charge is 0.493 e. The summed E-state index contributed by atoms with van der Waals surface area (Å²) in [4.78, 5) is 25.2. The molecule has 0 amide bonds. The van der Waals surface area contributed by atoms with Crippen LogP contribution in [0.3, 0.4) is 0 Å². The first kappa shape index (κ1) is 21.8. The first-order chi connectivity index (χ1) is 14.3. The number of aromatic nitrogens is 1. The number of oxazole rings is 1. The summed E-state index contributed by atoms with van der Waals surface area (Å²) in [5.41, 5.74) is 0.821. The highest BCUT2D eigenvalue weighted by Gasteiger charge is 2.24. The van der Waals surface area contributed by atoms with Crippen LogP contribution in [0, 0.1) is 0 Å². The summed E-state index contributed by atoms with van der Waals surface area (Å²) in [7, 11) is -3.70. The number of ketones is 1. The van der Waals surface area contributed by atoms with Crippen molar-refractivity contribution >= 4 is 26.9 Å². The number of carbonyl (C=O) groups excluding carboxylic acids is 1. The number of rotatable bonds is 9. The zero-order chi connectivity index (χ0) is 21.9. The SMILES string of the molecule is CCOc1ccccc1C(=O)Cn1c(=O)oc2cc(S(=O)(=O)N(CC)CC)ccc21. The Morgan fingerprint density at radius 3 is 2.47 bits per heavy atom. The van der Waals surface area contributed by atoms with Crippen molar-refractivity contribution in [2.75, 3.05) is 19.7 Å². The standard InChI is InChI=1S/C21H24N2O6S/c1-4-22(5-2)30(26,27)15-11-12-17-20(13-15)29-21(25)23(17)14-18(24)16-9-7-8-10-19(16)28-6-3/h7-13H,4-6,14H2,1-3H3. The average Bonchev–Trinajstić information content (AvgIpc) is 3.03. The van der Waals surface area contributed by atoms with Crippen LogP contribution in [-0.2, 0) is 16.6 Å².